The summed E-state index contributed by atoms with van der Waals surface area (Å²) in [6.07, 6.45) is 8.76. The van der Waals surface area contributed by atoms with E-state index in [9.17, 15) is 4.79 Å². The third kappa shape index (κ3) is 5.40. The number of nitrogens with zero attached hydrogens (tertiary/aromatic N) is 3. The van der Waals surface area contributed by atoms with E-state index in [1.165, 1.54) is 6.08 Å². The van der Waals surface area contributed by atoms with Gasteiger partial charge in [0.25, 0.3) is 0 Å². The molecule has 0 spiro atoms. The molecule has 0 unspecified atom stereocenters. The standard InChI is InChI=1S/C22H28N4O4/c1-28-18-13-17(14-19(29-2)21(18)30-3)5-6-20(27)25-15-16-7-11-26(12-8-16)22-23-9-4-10-24-22/h4-6,9-10,13-14,16H,7-8,11-12,15H2,1-3H3,(H,25,27)/b6-5+. The first-order chi connectivity index (χ1) is 14.6. The van der Waals surface area contributed by atoms with Crippen molar-refractivity contribution in [2.75, 3.05) is 45.9 Å². The number of methoxy groups -OCH3 is 3. The van der Waals surface area contributed by atoms with Gasteiger partial charge in [-0.15, -0.1) is 0 Å². The van der Waals surface area contributed by atoms with Crippen molar-refractivity contribution in [3.05, 3.63) is 42.2 Å². The van der Waals surface area contributed by atoms with E-state index in [0.717, 1.165) is 37.4 Å². The molecule has 0 aliphatic carbocycles. The van der Waals surface area contributed by atoms with Gasteiger partial charge in [0, 0.05) is 38.1 Å². The van der Waals surface area contributed by atoms with Gasteiger partial charge < -0.3 is 24.4 Å². The number of nitrogens with one attached hydrogen (secondary N) is 1. The monoisotopic (exact) mass is 412 g/mol. The highest BCUT2D eigenvalue weighted by Gasteiger charge is 2.21. The fourth-order valence-corrected chi connectivity index (χ4v) is 3.46. The molecule has 1 fully saturated rings. The first-order valence-electron chi connectivity index (χ1n) is 9.92. The molecule has 1 N–H and O–H groups in total. The largest absolute Gasteiger partial charge is 0.493 e. The Kier molecular flexibility index (Phi) is 7.48. The van der Waals surface area contributed by atoms with Gasteiger partial charge in [-0.2, -0.15) is 0 Å². The van der Waals surface area contributed by atoms with Crippen LogP contribution in [0.5, 0.6) is 17.2 Å². The quantitative estimate of drug-likeness (QED) is 0.667. The SMILES string of the molecule is COc1cc(/C=C/C(=O)NCC2CCN(c3ncccn3)CC2)cc(OC)c1OC. The minimum absolute atomic E-state index is 0.127. The van der Waals surface area contributed by atoms with Crippen molar-refractivity contribution in [1.29, 1.82) is 0 Å². The molecule has 1 amide bonds. The topological polar surface area (TPSA) is 85.8 Å². The van der Waals surface area contributed by atoms with E-state index in [0.29, 0.717) is 29.7 Å². The Bertz CT molecular complexity index is 840. The number of aromatic nitrogens is 2. The molecule has 1 aromatic carbocycles. The molecule has 1 aliphatic rings. The van der Waals surface area contributed by atoms with E-state index in [1.54, 1.807) is 51.9 Å². The van der Waals surface area contributed by atoms with Crippen LogP contribution in [0.4, 0.5) is 5.95 Å². The Morgan fingerprint density at radius 3 is 2.30 bits per heavy atom. The zero-order valence-corrected chi connectivity index (χ0v) is 17.6. The van der Waals surface area contributed by atoms with Crippen molar-refractivity contribution in [1.82, 2.24) is 15.3 Å². The van der Waals surface area contributed by atoms with Crippen LogP contribution in [0.15, 0.2) is 36.7 Å². The average molecular weight is 412 g/mol. The summed E-state index contributed by atoms with van der Waals surface area (Å²) in [5.74, 6) is 2.71. The Balaban J connectivity index is 1.50. The van der Waals surface area contributed by atoms with Crippen LogP contribution in [0.3, 0.4) is 0 Å². The lowest BCUT2D eigenvalue weighted by atomic mass is 9.97. The predicted octanol–water partition coefficient (Wildman–Crippen LogP) is 2.55. The maximum absolute atomic E-state index is 12.3. The summed E-state index contributed by atoms with van der Waals surface area (Å²) in [6, 6.07) is 5.41. The number of hydrogen-bond donors (Lipinski definition) is 1. The van der Waals surface area contributed by atoms with Gasteiger partial charge in [-0.1, -0.05) is 0 Å². The smallest absolute Gasteiger partial charge is 0.244 e. The molecule has 3 rings (SSSR count). The lowest BCUT2D eigenvalue weighted by Gasteiger charge is -2.31. The first kappa shape index (κ1) is 21.4. The summed E-state index contributed by atoms with van der Waals surface area (Å²) in [5, 5.41) is 2.99. The second kappa shape index (κ2) is 10.5. The molecule has 0 atom stereocenters. The number of rotatable bonds is 8. The normalized spacial score (nSPS) is 14.6. The van der Waals surface area contributed by atoms with E-state index < -0.39 is 0 Å². The highest BCUT2D eigenvalue weighted by Crippen LogP contribution is 2.38. The molecule has 2 aromatic rings. The van der Waals surface area contributed by atoms with Crippen LogP contribution in [0, 0.1) is 5.92 Å². The number of ether oxygens (including phenoxy) is 3. The highest BCUT2D eigenvalue weighted by atomic mass is 16.5. The predicted molar refractivity (Wildman–Crippen MR) is 115 cm³/mol. The zero-order valence-electron chi connectivity index (χ0n) is 17.6. The van der Waals surface area contributed by atoms with Crippen molar-refractivity contribution < 1.29 is 19.0 Å². The van der Waals surface area contributed by atoms with Crippen molar-refractivity contribution in [2.24, 2.45) is 5.92 Å². The minimum atomic E-state index is -0.127. The van der Waals surface area contributed by atoms with Gasteiger partial charge in [0.2, 0.25) is 17.6 Å². The number of carbonyl (C=O) groups is 1. The van der Waals surface area contributed by atoms with E-state index in [4.69, 9.17) is 14.2 Å². The lowest BCUT2D eigenvalue weighted by Crippen LogP contribution is -2.39. The van der Waals surface area contributed by atoms with Crippen LogP contribution in [0.2, 0.25) is 0 Å². The molecule has 0 saturated carbocycles. The number of benzene rings is 1. The summed E-state index contributed by atoms with van der Waals surface area (Å²) >= 11 is 0. The third-order valence-corrected chi connectivity index (χ3v) is 5.13. The third-order valence-electron chi connectivity index (χ3n) is 5.13. The van der Waals surface area contributed by atoms with E-state index in [1.807, 2.05) is 6.07 Å². The van der Waals surface area contributed by atoms with Crippen molar-refractivity contribution in [2.45, 2.75) is 12.8 Å². The molecule has 8 nitrogen and oxygen atoms in total. The van der Waals surface area contributed by atoms with Gasteiger partial charge in [-0.25, -0.2) is 9.97 Å². The maximum Gasteiger partial charge on any atom is 0.244 e. The molecular weight excluding hydrogens is 384 g/mol. The molecule has 8 heteroatoms. The summed E-state index contributed by atoms with van der Waals surface area (Å²) < 4.78 is 16.0. The van der Waals surface area contributed by atoms with Gasteiger partial charge in [0.05, 0.1) is 21.3 Å². The Morgan fingerprint density at radius 2 is 1.73 bits per heavy atom. The van der Waals surface area contributed by atoms with Gasteiger partial charge in [-0.3, -0.25) is 4.79 Å². The molecule has 1 saturated heterocycles. The van der Waals surface area contributed by atoms with E-state index in [-0.39, 0.29) is 5.91 Å². The van der Waals surface area contributed by atoms with Gasteiger partial charge in [0.1, 0.15) is 0 Å². The molecule has 30 heavy (non-hydrogen) atoms. The van der Waals surface area contributed by atoms with Crippen LogP contribution in [-0.4, -0.2) is 56.8 Å². The van der Waals surface area contributed by atoms with Gasteiger partial charge >= 0.3 is 0 Å². The fourth-order valence-electron chi connectivity index (χ4n) is 3.46. The molecule has 0 bridgehead atoms. The second-order valence-corrected chi connectivity index (χ2v) is 7.02. The molecular formula is C22H28N4O4. The number of piperidine rings is 1. The Labute approximate surface area is 176 Å². The lowest BCUT2D eigenvalue weighted by molar-refractivity contribution is -0.116. The zero-order chi connectivity index (χ0) is 21.3. The Hall–Kier alpha value is -3.29. The average Bonchev–Trinajstić information content (AvgIpc) is 2.81. The van der Waals surface area contributed by atoms with Crippen LogP contribution in [0.25, 0.3) is 6.08 Å². The minimum Gasteiger partial charge on any atom is -0.493 e. The fraction of sp³-hybridized carbons (Fsp3) is 0.409. The highest BCUT2D eigenvalue weighted by molar-refractivity contribution is 5.91. The van der Waals surface area contributed by atoms with E-state index in [2.05, 4.69) is 20.2 Å². The summed E-state index contributed by atoms with van der Waals surface area (Å²) in [4.78, 5) is 23.0. The van der Waals surface area contributed by atoms with Crippen molar-refractivity contribution in [3.63, 3.8) is 0 Å². The van der Waals surface area contributed by atoms with Gasteiger partial charge in [0.15, 0.2) is 11.5 Å². The molecule has 1 aliphatic heterocycles. The number of hydrogen-bond acceptors (Lipinski definition) is 7. The van der Waals surface area contributed by atoms with E-state index >= 15 is 0 Å². The van der Waals surface area contributed by atoms with Gasteiger partial charge in [-0.05, 0) is 48.6 Å². The number of amides is 1. The molecule has 2 heterocycles. The summed E-state index contributed by atoms with van der Waals surface area (Å²) in [7, 11) is 4.68. The maximum atomic E-state index is 12.3. The second-order valence-electron chi connectivity index (χ2n) is 7.02. The number of anilines is 1. The number of carbonyl (C=O) groups excluding carboxylic acids is 1. The van der Waals surface area contributed by atoms with Crippen LogP contribution >= 0.6 is 0 Å². The van der Waals surface area contributed by atoms with Crippen LogP contribution < -0.4 is 24.4 Å². The van der Waals surface area contributed by atoms with Crippen LogP contribution in [-0.2, 0) is 4.79 Å². The van der Waals surface area contributed by atoms with Crippen molar-refractivity contribution in [3.8, 4) is 17.2 Å². The van der Waals surface area contributed by atoms with Crippen molar-refractivity contribution >= 4 is 17.9 Å². The molecule has 1 aromatic heterocycles. The molecule has 0 radical (unpaired) electrons. The van der Waals surface area contributed by atoms with Crippen LogP contribution in [0.1, 0.15) is 18.4 Å². The Morgan fingerprint density at radius 1 is 1.10 bits per heavy atom. The first-order valence-corrected chi connectivity index (χ1v) is 9.92. The summed E-state index contributed by atoms with van der Waals surface area (Å²) in [5.41, 5.74) is 0.788. The molecule has 160 valence electrons. The summed E-state index contributed by atoms with van der Waals surface area (Å²) in [6.45, 7) is 2.44.